The fraction of sp³-hybridized carbons (Fsp3) is 0.667. The average molecular weight is 236 g/mol. The standard InChI is InChI=1S/C12H20N4O/c1-16(7-8-17-2)12-6-5-11(14-15-12)9-13-10-3-4-10/h5-6,10,13H,3-4,7-9H2,1-2H3. The van der Waals surface area contributed by atoms with E-state index in [1.54, 1.807) is 7.11 Å². The highest BCUT2D eigenvalue weighted by atomic mass is 16.5. The SMILES string of the molecule is COCCN(C)c1ccc(CNC2CC2)nn1. The summed E-state index contributed by atoms with van der Waals surface area (Å²) in [5.74, 6) is 0.886. The zero-order valence-corrected chi connectivity index (χ0v) is 10.5. The molecule has 2 rings (SSSR count). The third kappa shape index (κ3) is 3.94. The molecule has 0 aliphatic heterocycles. The van der Waals surface area contributed by atoms with Crippen LogP contribution in [0, 0.1) is 0 Å². The van der Waals surface area contributed by atoms with Gasteiger partial charge in [0.2, 0.25) is 0 Å². The van der Waals surface area contributed by atoms with Gasteiger partial charge < -0.3 is 15.0 Å². The van der Waals surface area contributed by atoms with E-state index >= 15 is 0 Å². The molecule has 0 saturated heterocycles. The van der Waals surface area contributed by atoms with E-state index in [9.17, 15) is 0 Å². The van der Waals surface area contributed by atoms with Gasteiger partial charge >= 0.3 is 0 Å². The van der Waals surface area contributed by atoms with Crippen molar-refractivity contribution in [3.8, 4) is 0 Å². The van der Waals surface area contributed by atoms with Gasteiger partial charge in [-0.05, 0) is 25.0 Å². The number of ether oxygens (including phenoxy) is 1. The molecule has 94 valence electrons. The third-order valence-electron chi connectivity index (χ3n) is 2.88. The summed E-state index contributed by atoms with van der Waals surface area (Å²) in [6.45, 7) is 2.34. The van der Waals surface area contributed by atoms with E-state index in [0.29, 0.717) is 12.6 Å². The van der Waals surface area contributed by atoms with Crippen molar-refractivity contribution in [2.24, 2.45) is 0 Å². The molecule has 1 aliphatic carbocycles. The van der Waals surface area contributed by atoms with Crippen LogP contribution in [0.3, 0.4) is 0 Å². The zero-order valence-electron chi connectivity index (χ0n) is 10.5. The highest BCUT2D eigenvalue weighted by molar-refractivity contribution is 5.35. The van der Waals surface area contributed by atoms with Crippen molar-refractivity contribution < 1.29 is 4.74 Å². The first-order valence-corrected chi connectivity index (χ1v) is 6.05. The molecule has 17 heavy (non-hydrogen) atoms. The van der Waals surface area contributed by atoms with Gasteiger partial charge in [-0.15, -0.1) is 5.10 Å². The van der Waals surface area contributed by atoms with Crippen LogP contribution >= 0.6 is 0 Å². The molecule has 0 atom stereocenters. The summed E-state index contributed by atoms with van der Waals surface area (Å²) in [6.07, 6.45) is 2.59. The summed E-state index contributed by atoms with van der Waals surface area (Å²) in [7, 11) is 3.69. The fourth-order valence-corrected chi connectivity index (χ4v) is 1.53. The van der Waals surface area contributed by atoms with Gasteiger partial charge in [-0.1, -0.05) is 0 Å². The van der Waals surface area contributed by atoms with Crippen LogP contribution in [0.15, 0.2) is 12.1 Å². The molecule has 1 saturated carbocycles. The van der Waals surface area contributed by atoms with Gasteiger partial charge in [0.15, 0.2) is 5.82 Å². The van der Waals surface area contributed by atoms with E-state index in [2.05, 4.69) is 15.5 Å². The first-order chi connectivity index (χ1) is 8.29. The summed E-state index contributed by atoms with van der Waals surface area (Å²) in [5, 5.41) is 11.8. The Balaban J connectivity index is 1.82. The molecular weight excluding hydrogens is 216 g/mol. The van der Waals surface area contributed by atoms with E-state index < -0.39 is 0 Å². The molecule has 1 aromatic heterocycles. The number of hydrogen-bond donors (Lipinski definition) is 1. The second-order valence-corrected chi connectivity index (χ2v) is 4.45. The molecular formula is C12H20N4O. The van der Waals surface area contributed by atoms with E-state index in [1.807, 2.05) is 24.1 Å². The lowest BCUT2D eigenvalue weighted by molar-refractivity contribution is 0.206. The van der Waals surface area contributed by atoms with Crippen molar-refractivity contribution in [1.82, 2.24) is 15.5 Å². The predicted octanol–water partition coefficient (Wildman–Crippen LogP) is 0.811. The van der Waals surface area contributed by atoms with Gasteiger partial charge in [0.25, 0.3) is 0 Å². The lowest BCUT2D eigenvalue weighted by atomic mass is 10.3. The number of nitrogens with zero attached hydrogens (tertiary/aromatic N) is 3. The first-order valence-electron chi connectivity index (χ1n) is 6.05. The largest absolute Gasteiger partial charge is 0.383 e. The number of aromatic nitrogens is 2. The maximum Gasteiger partial charge on any atom is 0.151 e. The zero-order chi connectivity index (χ0) is 12.1. The van der Waals surface area contributed by atoms with Crippen LogP contribution in [0.4, 0.5) is 5.82 Å². The minimum absolute atomic E-state index is 0.698. The Morgan fingerprint density at radius 3 is 2.82 bits per heavy atom. The number of rotatable bonds is 7. The van der Waals surface area contributed by atoms with E-state index in [0.717, 1.165) is 24.6 Å². The highest BCUT2D eigenvalue weighted by Crippen LogP contribution is 2.19. The smallest absolute Gasteiger partial charge is 0.151 e. The van der Waals surface area contributed by atoms with Crippen LogP contribution in [0.5, 0.6) is 0 Å². The molecule has 0 radical (unpaired) electrons. The number of anilines is 1. The number of nitrogens with one attached hydrogen (secondary N) is 1. The van der Waals surface area contributed by atoms with E-state index in [-0.39, 0.29) is 0 Å². The van der Waals surface area contributed by atoms with Crippen LogP contribution < -0.4 is 10.2 Å². The Labute approximate surface area is 102 Å². The molecule has 0 bridgehead atoms. The molecule has 5 heteroatoms. The molecule has 0 unspecified atom stereocenters. The third-order valence-corrected chi connectivity index (χ3v) is 2.88. The topological polar surface area (TPSA) is 50.3 Å². The van der Waals surface area contributed by atoms with Gasteiger partial charge in [0, 0.05) is 33.3 Å². The monoisotopic (exact) mass is 236 g/mol. The molecule has 0 aromatic carbocycles. The Hall–Kier alpha value is -1.20. The maximum absolute atomic E-state index is 5.03. The van der Waals surface area contributed by atoms with Gasteiger partial charge in [-0.3, -0.25) is 0 Å². The molecule has 1 fully saturated rings. The van der Waals surface area contributed by atoms with Crippen molar-refractivity contribution in [2.75, 3.05) is 32.2 Å². The summed E-state index contributed by atoms with van der Waals surface area (Å²) in [6, 6.07) is 4.74. The number of hydrogen-bond acceptors (Lipinski definition) is 5. The van der Waals surface area contributed by atoms with Gasteiger partial charge in [-0.2, -0.15) is 5.10 Å². The molecule has 1 heterocycles. The predicted molar refractivity (Wildman–Crippen MR) is 67.0 cm³/mol. The quantitative estimate of drug-likeness (QED) is 0.759. The fourth-order valence-electron chi connectivity index (χ4n) is 1.53. The Morgan fingerprint density at radius 1 is 1.41 bits per heavy atom. The van der Waals surface area contributed by atoms with Crippen molar-refractivity contribution in [3.05, 3.63) is 17.8 Å². The lowest BCUT2D eigenvalue weighted by Crippen LogP contribution is -2.23. The van der Waals surface area contributed by atoms with Crippen molar-refractivity contribution >= 4 is 5.82 Å². The van der Waals surface area contributed by atoms with Crippen LogP contribution in [0.1, 0.15) is 18.5 Å². The summed E-state index contributed by atoms with van der Waals surface area (Å²) in [4.78, 5) is 2.04. The van der Waals surface area contributed by atoms with Crippen LogP contribution in [0.25, 0.3) is 0 Å². The summed E-state index contributed by atoms with van der Waals surface area (Å²) < 4.78 is 5.03. The number of likely N-dealkylation sites (N-methyl/N-ethyl adjacent to an activating group) is 1. The van der Waals surface area contributed by atoms with E-state index in [1.165, 1.54) is 12.8 Å². The van der Waals surface area contributed by atoms with Gasteiger partial charge in [0.1, 0.15) is 0 Å². The minimum Gasteiger partial charge on any atom is -0.383 e. The number of methoxy groups -OCH3 is 1. The molecule has 1 aliphatic rings. The molecule has 1 N–H and O–H groups in total. The molecule has 0 spiro atoms. The molecule has 1 aromatic rings. The van der Waals surface area contributed by atoms with Crippen molar-refractivity contribution in [1.29, 1.82) is 0 Å². The molecule has 5 nitrogen and oxygen atoms in total. The maximum atomic E-state index is 5.03. The van der Waals surface area contributed by atoms with E-state index in [4.69, 9.17) is 4.74 Å². The second-order valence-electron chi connectivity index (χ2n) is 4.45. The first kappa shape index (κ1) is 12.3. The molecule has 0 amide bonds. The minimum atomic E-state index is 0.698. The van der Waals surface area contributed by atoms with Crippen LogP contribution in [-0.4, -0.2) is 43.5 Å². The van der Waals surface area contributed by atoms with Crippen LogP contribution in [0.2, 0.25) is 0 Å². The Bertz CT molecular complexity index is 337. The highest BCUT2D eigenvalue weighted by Gasteiger charge is 2.20. The normalized spacial score (nSPS) is 14.9. The summed E-state index contributed by atoms with van der Waals surface area (Å²) in [5.41, 5.74) is 1.00. The van der Waals surface area contributed by atoms with Crippen molar-refractivity contribution in [2.45, 2.75) is 25.4 Å². The van der Waals surface area contributed by atoms with Crippen molar-refractivity contribution in [3.63, 3.8) is 0 Å². The van der Waals surface area contributed by atoms with Gasteiger partial charge in [0.05, 0.1) is 12.3 Å². The average Bonchev–Trinajstić information content (AvgIpc) is 3.18. The lowest BCUT2D eigenvalue weighted by Gasteiger charge is -2.16. The van der Waals surface area contributed by atoms with Crippen LogP contribution in [-0.2, 0) is 11.3 Å². The Kier molecular flexibility index (Phi) is 4.28. The summed E-state index contributed by atoms with van der Waals surface area (Å²) >= 11 is 0. The Morgan fingerprint density at radius 2 is 2.24 bits per heavy atom. The van der Waals surface area contributed by atoms with Gasteiger partial charge in [-0.25, -0.2) is 0 Å². The second kappa shape index (κ2) is 5.93.